The van der Waals surface area contributed by atoms with Crippen molar-refractivity contribution in [2.24, 2.45) is 5.92 Å². The van der Waals surface area contributed by atoms with Crippen LogP contribution in [0, 0.1) is 17.2 Å². The van der Waals surface area contributed by atoms with Crippen molar-refractivity contribution < 1.29 is 9.59 Å². The first-order valence-electron chi connectivity index (χ1n) is 7.44. The highest BCUT2D eigenvalue weighted by Crippen LogP contribution is 2.25. The zero-order valence-corrected chi connectivity index (χ0v) is 12.5. The van der Waals surface area contributed by atoms with Crippen LogP contribution < -0.4 is 5.32 Å². The Morgan fingerprint density at radius 3 is 2.60 bits per heavy atom. The van der Waals surface area contributed by atoms with Crippen LogP contribution in [0.3, 0.4) is 0 Å². The summed E-state index contributed by atoms with van der Waals surface area (Å²) < 4.78 is 0. The van der Waals surface area contributed by atoms with Gasteiger partial charge >= 0.3 is 0 Å². The summed E-state index contributed by atoms with van der Waals surface area (Å²) in [7, 11) is 1.66. The average molecular weight is 279 g/mol. The Morgan fingerprint density at radius 2 is 2.00 bits per heavy atom. The van der Waals surface area contributed by atoms with Gasteiger partial charge < -0.3 is 10.2 Å². The highest BCUT2D eigenvalue weighted by molar-refractivity contribution is 5.84. The van der Waals surface area contributed by atoms with Gasteiger partial charge in [-0.2, -0.15) is 5.26 Å². The van der Waals surface area contributed by atoms with E-state index in [0.29, 0.717) is 18.8 Å². The van der Waals surface area contributed by atoms with Gasteiger partial charge in [-0.3, -0.25) is 9.59 Å². The summed E-state index contributed by atoms with van der Waals surface area (Å²) in [5.74, 6) is 0.297. The molecular weight excluding hydrogens is 254 g/mol. The fourth-order valence-electron chi connectivity index (χ4n) is 2.54. The maximum Gasteiger partial charge on any atom is 0.241 e. The molecule has 0 aromatic heterocycles. The largest absolute Gasteiger partial charge is 0.347 e. The third kappa shape index (κ3) is 5.60. The van der Waals surface area contributed by atoms with Crippen molar-refractivity contribution in [1.82, 2.24) is 10.2 Å². The second-order valence-electron chi connectivity index (χ2n) is 5.70. The third-order valence-corrected chi connectivity index (χ3v) is 4.08. The summed E-state index contributed by atoms with van der Waals surface area (Å²) in [4.78, 5) is 25.2. The number of rotatable bonds is 6. The highest BCUT2D eigenvalue weighted by atomic mass is 16.2. The Labute approximate surface area is 121 Å². The van der Waals surface area contributed by atoms with Gasteiger partial charge in [-0.05, 0) is 25.7 Å². The summed E-state index contributed by atoms with van der Waals surface area (Å²) in [6, 6.07) is 1.92. The smallest absolute Gasteiger partial charge is 0.241 e. The number of carbonyl (C=O) groups is 2. The van der Waals surface area contributed by atoms with Crippen LogP contribution in [-0.4, -0.2) is 36.3 Å². The summed E-state index contributed by atoms with van der Waals surface area (Å²) >= 11 is 0. The Kier molecular flexibility index (Phi) is 7.06. The lowest BCUT2D eigenvalue weighted by molar-refractivity contribution is -0.133. The normalized spacial score (nSPS) is 17.1. The number of nitrogens with zero attached hydrogens (tertiary/aromatic N) is 2. The Morgan fingerprint density at radius 1 is 1.35 bits per heavy atom. The highest BCUT2D eigenvalue weighted by Gasteiger charge is 2.19. The predicted octanol–water partition coefficient (Wildman–Crippen LogP) is 1.83. The molecule has 0 bridgehead atoms. The van der Waals surface area contributed by atoms with Gasteiger partial charge in [0, 0.05) is 19.5 Å². The SMILES string of the molecule is CC(CC#N)N(C)C(=O)CNC(=O)CC1CCCCC1. The molecule has 0 spiro atoms. The number of hydrogen-bond donors (Lipinski definition) is 1. The topological polar surface area (TPSA) is 73.2 Å². The van der Waals surface area contributed by atoms with Crippen LogP contribution in [0.2, 0.25) is 0 Å². The molecule has 20 heavy (non-hydrogen) atoms. The van der Waals surface area contributed by atoms with Gasteiger partial charge in [0.15, 0.2) is 0 Å². The van der Waals surface area contributed by atoms with Gasteiger partial charge in [-0.1, -0.05) is 19.3 Å². The van der Waals surface area contributed by atoms with E-state index >= 15 is 0 Å². The van der Waals surface area contributed by atoms with Crippen LogP contribution >= 0.6 is 0 Å². The molecule has 0 radical (unpaired) electrons. The number of nitrogens with one attached hydrogen (secondary N) is 1. The number of carbonyl (C=O) groups excluding carboxylic acids is 2. The van der Waals surface area contributed by atoms with Gasteiger partial charge in [0.1, 0.15) is 0 Å². The fraction of sp³-hybridized carbons (Fsp3) is 0.800. The standard InChI is InChI=1S/C15H25N3O2/c1-12(8-9-16)18(2)15(20)11-17-14(19)10-13-6-4-3-5-7-13/h12-13H,3-8,10-11H2,1-2H3,(H,17,19). The van der Waals surface area contributed by atoms with Gasteiger partial charge in [0.05, 0.1) is 19.0 Å². The quantitative estimate of drug-likeness (QED) is 0.806. The lowest BCUT2D eigenvalue weighted by Gasteiger charge is -2.24. The molecule has 2 amide bonds. The van der Waals surface area contributed by atoms with E-state index < -0.39 is 0 Å². The maximum absolute atomic E-state index is 11.9. The first kappa shape index (κ1) is 16.5. The minimum absolute atomic E-state index is 0.0256. The monoisotopic (exact) mass is 279 g/mol. The molecule has 1 rings (SSSR count). The molecule has 1 aliphatic carbocycles. The summed E-state index contributed by atoms with van der Waals surface area (Å²) in [5, 5.41) is 11.3. The molecule has 1 fully saturated rings. The molecule has 5 heteroatoms. The van der Waals surface area contributed by atoms with Crippen LogP contribution in [0.25, 0.3) is 0 Å². The van der Waals surface area contributed by atoms with Gasteiger partial charge in [-0.25, -0.2) is 0 Å². The van der Waals surface area contributed by atoms with Crippen LogP contribution in [-0.2, 0) is 9.59 Å². The van der Waals surface area contributed by atoms with Crippen molar-refractivity contribution in [2.75, 3.05) is 13.6 Å². The molecule has 5 nitrogen and oxygen atoms in total. The van der Waals surface area contributed by atoms with Gasteiger partial charge in [0.25, 0.3) is 0 Å². The molecule has 1 saturated carbocycles. The molecular formula is C15H25N3O2. The lowest BCUT2D eigenvalue weighted by atomic mass is 9.87. The lowest BCUT2D eigenvalue weighted by Crippen LogP contribution is -2.42. The fourth-order valence-corrected chi connectivity index (χ4v) is 2.54. The van der Waals surface area contributed by atoms with Crippen molar-refractivity contribution >= 4 is 11.8 Å². The van der Waals surface area contributed by atoms with E-state index in [9.17, 15) is 9.59 Å². The van der Waals surface area contributed by atoms with Crippen LogP contribution in [0.5, 0.6) is 0 Å². The van der Waals surface area contributed by atoms with E-state index in [4.69, 9.17) is 5.26 Å². The van der Waals surface area contributed by atoms with Crippen molar-refractivity contribution in [2.45, 2.75) is 57.9 Å². The molecule has 0 heterocycles. The Balaban J connectivity index is 2.25. The van der Waals surface area contributed by atoms with E-state index in [1.807, 2.05) is 13.0 Å². The van der Waals surface area contributed by atoms with E-state index in [1.54, 1.807) is 7.05 Å². The second kappa shape index (κ2) is 8.57. The third-order valence-electron chi connectivity index (χ3n) is 4.08. The molecule has 0 aliphatic heterocycles. The second-order valence-corrected chi connectivity index (χ2v) is 5.70. The average Bonchev–Trinajstić information content (AvgIpc) is 2.45. The maximum atomic E-state index is 11.9. The van der Waals surface area contributed by atoms with Gasteiger partial charge in [-0.15, -0.1) is 0 Å². The number of nitriles is 1. The van der Waals surface area contributed by atoms with Crippen molar-refractivity contribution in [3.8, 4) is 6.07 Å². The molecule has 1 N–H and O–H groups in total. The van der Waals surface area contributed by atoms with Crippen LogP contribution in [0.1, 0.15) is 51.9 Å². The first-order chi connectivity index (χ1) is 9.54. The Hall–Kier alpha value is -1.57. The number of likely N-dealkylation sites (N-methyl/N-ethyl adjacent to an activating group) is 1. The molecule has 1 atom stereocenters. The first-order valence-corrected chi connectivity index (χ1v) is 7.44. The van der Waals surface area contributed by atoms with Gasteiger partial charge in [0.2, 0.25) is 11.8 Å². The zero-order valence-electron chi connectivity index (χ0n) is 12.5. The van der Waals surface area contributed by atoms with E-state index in [1.165, 1.54) is 24.2 Å². The zero-order chi connectivity index (χ0) is 15.0. The molecule has 0 aromatic rings. The molecule has 112 valence electrons. The number of hydrogen-bond acceptors (Lipinski definition) is 3. The molecule has 1 aliphatic rings. The predicted molar refractivity (Wildman–Crippen MR) is 76.7 cm³/mol. The van der Waals surface area contributed by atoms with Crippen LogP contribution in [0.4, 0.5) is 0 Å². The van der Waals surface area contributed by atoms with Crippen LogP contribution in [0.15, 0.2) is 0 Å². The van der Waals surface area contributed by atoms with E-state index in [-0.39, 0.29) is 24.4 Å². The van der Waals surface area contributed by atoms with E-state index in [2.05, 4.69) is 5.32 Å². The Bertz CT molecular complexity index is 370. The summed E-state index contributed by atoms with van der Waals surface area (Å²) in [6.07, 6.45) is 6.79. The number of amides is 2. The van der Waals surface area contributed by atoms with E-state index in [0.717, 1.165) is 12.8 Å². The molecule has 1 unspecified atom stereocenters. The summed E-state index contributed by atoms with van der Waals surface area (Å²) in [6.45, 7) is 1.85. The van der Waals surface area contributed by atoms with Crippen molar-refractivity contribution in [3.05, 3.63) is 0 Å². The van der Waals surface area contributed by atoms with Crippen molar-refractivity contribution in [3.63, 3.8) is 0 Å². The molecule has 0 aromatic carbocycles. The minimum atomic E-state index is -0.148. The summed E-state index contributed by atoms with van der Waals surface area (Å²) in [5.41, 5.74) is 0. The van der Waals surface area contributed by atoms with Crippen molar-refractivity contribution in [1.29, 1.82) is 5.26 Å². The molecule has 0 saturated heterocycles. The minimum Gasteiger partial charge on any atom is -0.347 e.